The molecule has 7 rings (SSSR count). The van der Waals surface area contributed by atoms with Gasteiger partial charge in [-0.1, -0.05) is 108 Å². The normalized spacial score (nSPS) is 11.6. The quantitative estimate of drug-likeness (QED) is 0.0341. The Morgan fingerprint density at radius 1 is 0.514 bits per heavy atom. The third-order valence-corrected chi connectivity index (χ3v) is 13.7. The van der Waals surface area contributed by atoms with Crippen molar-refractivity contribution in [2.75, 3.05) is 46.5 Å². The van der Waals surface area contributed by atoms with Crippen molar-refractivity contribution in [1.82, 2.24) is 9.13 Å². The van der Waals surface area contributed by atoms with E-state index in [1.165, 1.54) is 11.1 Å². The fraction of sp³-hybridized carbons (Fsp3) is 0.310. The van der Waals surface area contributed by atoms with Crippen molar-refractivity contribution in [2.45, 2.75) is 73.6 Å². The molecule has 7 aromatic rings. The minimum absolute atomic E-state index is 0.151. The number of benzene rings is 5. The van der Waals surface area contributed by atoms with Gasteiger partial charge in [0.05, 0.1) is 43.7 Å². The van der Waals surface area contributed by atoms with E-state index >= 15 is 0 Å². The third kappa shape index (κ3) is 14.3. The van der Waals surface area contributed by atoms with Crippen LogP contribution in [0.5, 0.6) is 5.75 Å². The Hall–Kier alpha value is -6.02. The predicted molar refractivity (Wildman–Crippen MR) is 288 cm³/mol. The fourth-order valence-electron chi connectivity index (χ4n) is 8.38. The molecule has 0 unspecified atom stereocenters. The number of hydrogen-bond acceptors (Lipinski definition) is 8. The number of esters is 2. The number of carbonyl (C=O) groups excluding carboxylic acids is 2. The predicted octanol–water partition coefficient (Wildman–Crippen LogP) is 13.8. The second-order valence-electron chi connectivity index (χ2n) is 18.8. The van der Waals surface area contributed by atoms with Gasteiger partial charge in [0.2, 0.25) is 0 Å². The average molecular weight is 983 g/mol. The summed E-state index contributed by atoms with van der Waals surface area (Å²) in [5.74, 6) is -0.0799. The van der Waals surface area contributed by atoms with Gasteiger partial charge in [-0.3, -0.25) is 18.7 Å². The Kier molecular flexibility index (Phi) is 17.7. The molecule has 12 heteroatoms. The van der Waals surface area contributed by atoms with Crippen LogP contribution in [0.2, 0.25) is 0 Å². The molecule has 0 saturated heterocycles. The monoisotopic (exact) mass is 982 g/mol. The minimum Gasteiger partial charge on any atom is -0.465 e. The third-order valence-electron chi connectivity index (χ3n) is 12.1. The van der Waals surface area contributed by atoms with Crippen LogP contribution in [-0.2, 0) is 51.8 Å². The van der Waals surface area contributed by atoms with Gasteiger partial charge in [-0.25, -0.2) is 0 Å². The lowest BCUT2D eigenvalue weighted by molar-refractivity contribution is -0.143. The van der Waals surface area contributed by atoms with Crippen LogP contribution in [0.25, 0.3) is 33.2 Å². The molecule has 0 N–H and O–H groups in total. The summed E-state index contributed by atoms with van der Waals surface area (Å²) in [5.41, 5.74) is 15.4. The first-order valence-electron chi connectivity index (χ1n) is 23.7. The van der Waals surface area contributed by atoms with Crippen LogP contribution in [-0.4, -0.2) is 67.6 Å². The molecule has 0 bridgehead atoms. The van der Waals surface area contributed by atoms with E-state index in [0.29, 0.717) is 44.8 Å². The highest BCUT2D eigenvalue weighted by Gasteiger charge is 2.22. The maximum Gasteiger partial charge on any atom is 0.315 e. The Labute approximate surface area is 414 Å². The van der Waals surface area contributed by atoms with Crippen LogP contribution in [0.15, 0.2) is 122 Å². The lowest BCUT2D eigenvalue weighted by atomic mass is 10.1. The van der Waals surface area contributed by atoms with Crippen LogP contribution in [0, 0.1) is 41.5 Å². The molecule has 2 heterocycles. The molecule has 0 amide bonds. The maximum absolute atomic E-state index is 13.0. The number of ether oxygens (including phenoxy) is 2. The summed E-state index contributed by atoms with van der Waals surface area (Å²) in [4.78, 5) is 25.7. The number of fused-ring (bicyclic) bond motifs is 2. The van der Waals surface area contributed by atoms with Gasteiger partial charge in [0.25, 0.3) is 0 Å². The van der Waals surface area contributed by atoms with Gasteiger partial charge in [-0.15, -0.1) is 0 Å². The van der Waals surface area contributed by atoms with Crippen LogP contribution in [0.4, 0.5) is 0 Å². The van der Waals surface area contributed by atoms with Gasteiger partial charge in [-0.2, -0.15) is 0 Å². The second kappa shape index (κ2) is 23.3. The molecule has 0 fully saturated rings. The van der Waals surface area contributed by atoms with Crippen LogP contribution >= 0.6 is 14.7 Å². The second-order valence-corrected chi connectivity index (χ2v) is 24.3. The van der Waals surface area contributed by atoms with Gasteiger partial charge < -0.3 is 27.7 Å². The first-order valence-corrected chi connectivity index (χ1v) is 28.7. The van der Waals surface area contributed by atoms with E-state index in [2.05, 4.69) is 135 Å². The largest absolute Gasteiger partial charge is 0.465 e. The van der Waals surface area contributed by atoms with E-state index < -0.39 is 14.7 Å². The molecule has 0 aliphatic rings. The molecule has 0 saturated carbocycles. The molecule has 10 nitrogen and oxygen atoms in total. The Morgan fingerprint density at radius 3 is 1.39 bits per heavy atom. The van der Waals surface area contributed by atoms with Gasteiger partial charge >= 0.3 is 11.9 Å². The SMILES string of the molecule is C=C(c1ccc(C)cc1)n1c(C)c(CC(=O)OCCCCOP(C)(C)=O)c2cc(C)ccc21.C=C(c1ccc(C)cc1)n1c(C)c(CC(=O)Oc2ccc(CCOP(C)(C)=O)cc2)c2cc(C)ccc21. The number of aryl methyl sites for hydroxylation is 4. The number of unbranched alkanes of at least 4 members (excludes halogenated alkanes) is 1. The summed E-state index contributed by atoms with van der Waals surface area (Å²) >= 11 is 0. The van der Waals surface area contributed by atoms with Crippen molar-refractivity contribution >= 4 is 59.9 Å². The van der Waals surface area contributed by atoms with Crippen molar-refractivity contribution in [2.24, 2.45) is 0 Å². The molecular weight excluding hydrogens is 915 g/mol. The van der Waals surface area contributed by atoms with Gasteiger partial charge in [0.1, 0.15) is 5.75 Å². The number of aromatic nitrogens is 2. The van der Waals surface area contributed by atoms with Gasteiger partial charge in [-0.05, 0) is 125 Å². The molecule has 368 valence electrons. The molecule has 0 atom stereocenters. The summed E-state index contributed by atoms with van der Waals surface area (Å²) < 4.78 is 49.3. The smallest absolute Gasteiger partial charge is 0.315 e. The summed E-state index contributed by atoms with van der Waals surface area (Å²) in [7, 11) is -4.95. The molecule has 0 radical (unpaired) electrons. The Morgan fingerprint density at radius 2 is 0.929 bits per heavy atom. The molecule has 2 aromatic heterocycles. The van der Waals surface area contributed by atoms with Crippen molar-refractivity contribution in [3.63, 3.8) is 0 Å². The average Bonchev–Trinajstić information content (AvgIpc) is 3.71. The zero-order chi connectivity index (χ0) is 50.9. The van der Waals surface area contributed by atoms with Gasteiger partial charge in [0, 0.05) is 60.2 Å². The number of carbonyl (C=O) groups is 2. The van der Waals surface area contributed by atoms with Gasteiger partial charge in [0.15, 0.2) is 14.7 Å². The highest BCUT2D eigenvalue weighted by molar-refractivity contribution is 7.57. The van der Waals surface area contributed by atoms with E-state index in [1.54, 1.807) is 38.8 Å². The van der Waals surface area contributed by atoms with E-state index in [4.69, 9.17) is 18.5 Å². The minimum atomic E-state index is -2.49. The topological polar surface area (TPSA) is 115 Å². The lowest BCUT2D eigenvalue weighted by Crippen LogP contribution is -2.12. The zero-order valence-corrected chi connectivity index (χ0v) is 44.3. The first-order chi connectivity index (χ1) is 33.1. The van der Waals surface area contributed by atoms with Crippen molar-refractivity contribution in [3.8, 4) is 5.75 Å². The highest BCUT2D eigenvalue weighted by Crippen LogP contribution is 2.38. The summed E-state index contributed by atoms with van der Waals surface area (Å²) in [6, 6.07) is 36.5. The van der Waals surface area contributed by atoms with Crippen molar-refractivity contribution in [1.29, 1.82) is 0 Å². The maximum atomic E-state index is 13.0. The van der Waals surface area contributed by atoms with E-state index in [9.17, 15) is 18.7 Å². The summed E-state index contributed by atoms with van der Waals surface area (Å²) in [5, 5.41) is 2.08. The fourth-order valence-corrected chi connectivity index (χ4v) is 9.48. The van der Waals surface area contributed by atoms with E-state index in [0.717, 1.165) is 83.5 Å². The van der Waals surface area contributed by atoms with Crippen molar-refractivity contribution < 1.29 is 37.2 Å². The van der Waals surface area contributed by atoms with Crippen LogP contribution in [0.1, 0.15) is 74.3 Å². The summed E-state index contributed by atoms with van der Waals surface area (Å²) in [6.07, 6.45) is 2.37. The standard InChI is InChI=1S/C31H34NO4P.C27H34NO4P/c1-21-7-12-26(13-8-21)23(3)32-24(4)28(29-19-22(2)9-16-30(29)32)20-31(33)36-27-14-10-25(11-15-27)17-18-35-37(5,6)34;1-19-9-12-23(13-10-19)21(3)28-22(4)24(25-17-20(2)11-14-26(25)28)18-27(29)31-15-7-8-16-32-33(5,6)30/h7-16,19H,3,17-18,20H2,1-2,4-6H3;9-14,17H,3,7-8,15-16,18H2,1-2,4-6H3. The molecule has 5 aromatic carbocycles. The first kappa shape index (κ1) is 53.3. The highest BCUT2D eigenvalue weighted by atomic mass is 31.2. The number of rotatable bonds is 19. The molecule has 0 aliphatic carbocycles. The summed E-state index contributed by atoms with van der Waals surface area (Å²) in [6.45, 7) is 28.6. The van der Waals surface area contributed by atoms with Crippen molar-refractivity contribution in [3.05, 3.63) is 184 Å². The molecule has 0 aliphatic heterocycles. The van der Waals surface area contributed by atoms with E-state index in [-0.39, 0.29) is 24.8 Å². The Bertz CT molecular complexity index is 3110. The zero-order valence-electron chi connectivity index (χ0n) is 42.5. The number of nitrogens with zero attached hydrogens (tertiary/aromatic N) is 2. The number of hydrogen-bond donors (Lipinski definition) is 0. The molecule has 70 heavy (non-hydrogen) atoms. The van der Waals surface area contributed by atoms with Crippen LogP contribution in [0.3, 0.4) is 0 Å². The lowest BCUT2D eigenvalue weighted by Gasteiger charge is -2.13. The van der Waals surface area contributed by atoms with Crippen LogP contribution < -0.4 is 4.74 Å². The molecule has 0 spiro atoms. The molecular formula is C58H68N2O8P2. The Balaban J connectivity index is 0.000000231. The van der Waals surface area contributed by atoms with E-state index in [1.807, 2.05) is 26.0 Å².